The Morgan fingerprint density at radius 2 is 1.42 bits per heavy atom. The molecule has 26 heavy (non-hydrogen) atoms. The Morgan fingerprint density at radius 3 is 1.81 bits per heavy atom. The zero-order valence-electron chi connectivity index (χ0n) is 19.0. The van der Waals surface area contributed by atoms with E-state index in [0.29, 0.717) is 6.61 Å². The van der Waals surface area contributed by atoms with Gasteiger partial charge in [-0.1, -0.05) is 47.5 Å². The summed E-state index contributed by atoms with van der Waals surface area (Å²) in [5.74, 6) is 4.90. The van der Waals surface area contributed by atoms with Crippen LogP contribution in [-0.4, -0.2) is 42.4 Å². The van der Waals surface area contributed by atoms with E-state index in [1.165, 1.54) is 7.11 Å². The average molecular weight is 401 g/mol. The van der Waals surface area contributed by atoms with Crippen LogP contribution in [0.2, 0.25) is 36.3 Å². The minimum Gasteiger partial charge on any atom is -0.459 e. The predicted molar refractivity (Wildman–Crippen MR) is 114 cm³/mol. The van der Waals surface area contributed by atoms with Gasteiger partial charge in [0.1, 0.15) is 0 Å². The molecule has 0 radical (unpaired) electrons. The minimum absolute atomic E-state index is 0.0950. The fraction of sp³-hybridized carbons (Fsp3) is 0.850. The summed E-state index contributed by atoms with van der Waals surface area (Å²) in [6.45, 7) is 24.8. The molecule has 0 N–H and O–H groups in total. The van der Waals surface area contributed by atoms with Crippen LogP contribution in [0.5, 0.6) is 0 Å². The van der Waals surface area contributed by atoms with Crippen LogP contribution in [0.25, 0.3) is 0 Å². The molecule has 0 fully saturated rings. The number of hydrogen-bond acceptors (Lipinski definition) is 4. The van der Waals surface area contributed by atoms with Crippen LogP contribution in [0.3, 0.4) is 0 Å². The van der Waals surface area contributed by atoms with Gasteiger partial charge in [-0.2, -0.15) is 0 Å². The largest absolute Gasteiger partial charge is 0.459 e. The number of carbonyl (C=O) groups excluding carboxylic acids is 1. The molecule has 0 bridgehead atoms. The first-order chi connectivity index (χ1) is 11.4. The van der Waals surface area contributed by atoms with E-state index in [0.717, 1.165) is 0 Å². The molecule has 6 heteroatoms. The molecule has 0 unspecified atom stereocenters. The van der Waals surface area contributed by atoms with Crippen molar-refractivity contribution < 1.29 is 18.4 Å². The van der Waals surface area contributed by atoms with Crippen LogP contribution in [0.4, 0.5) is 0 Å². The van der Waals surface area contributed by atoms with Crippen molar-refractivity contribution in [3.63, 3.8) is 0 Å². The quantitative estimate of drug-likeness (QED) is 0.266. The fourth-order valence-electron chi connectivity index (χ4n) is 1.66. The minimum atomic E-state index is -1.99. The number of esters is 1. The van der Waals surface area contributed by atoms with Gasteiger partial charge in [0.2, 0.25) is 0 Å². The molecule has 0 spiro atoms. The summed E-state index contributed by atoms with van der Waals surface area (Å²) < 4.78 is 17.7. The van der Waals surface area contributed by atoms with E-state index in [2.05, 4.69) is 84.3 Å². The van der Waals surface area contributed by atoms with Gasteiger partial charge in [-0.15, -0.1) is 0 Å². The summed E-state index contributed by atoms with van der Waals surface area (Å²) in [5.41, 5.74) is 0. The normalized spacial score (nSPS) is 15.7. The van der Waals surface area contributed by atoms with Crippen LogP contribution in [-0.2, 0) is 18.4 Å². The maximum atomic E-state index is 11.4. The molecule has 0 aromatic heterocycles. The number of rotatable bonds is 6. The summed E-state index contributed by atoms with van der Waals surface area (Å²) in [5, 5.41) is 0.229. The van der Waals surface area contributed by atoms with Crippen molar-refractivity contribution in [2.75, 3.05) is 13.7 Å². The molecule has 4 nitrogen and oxygen atoms in total. The third-order valence-corrected chi connectivity index (χ3v) is 14.8. The zero-order chi connectivity index (χ0) is 21.0. The monoisotopic (exact) mass is 400 g/mol. The molecule has 0 rings (SSSR count). The maximum absolute atomic E-state index is 11.4. The van der Waals surface area contributed by atoms with E-state index in [1.807, 2.05) is 6.92 Å². The van der Waals surface area contributed by atoms with Gasteiger partial charge in [-0.3, -0.25) is 0 Å². The lowest BCUT2D eigenvalue weighted by Gasteiger charge is -2.42. The fourth-order valence-corrected chi connectivity index (χ4v) is 4.06. The van der Waals surface area contributed by atoms with E-state index < -0.39 is 22.6 Å². The highest BCUT2D eigenvalue weighted by molar-refractivity contribution is 6.74. The van der Waals surface area contributed by atoms with Crippen molar-refractivity contribution in [3.8, 4) is 11.8 Å². The first kappa shape index (κ1) is 25.4. The van der Waals surface area contributed by atoms with Gasteiger partial charge in [0.25, 0.3) is 0 Å². The molecule has 152 valence electrons. The summed E-state index contributed by atoms with van der Waals surface area (Å²) in [6.07, 6.45) is -0.165. The number of methoxy groups -OCH3 is 1. The molecule has 2 atom stereocenters. The highest BCUT2D eigenvalue weighted by Crippen LogP contribution is 2.39. The van der Waals surface area contributed by atoms with Gasteiger partial charge in [0, 0.05) is 11.8 Å². The van der Waals surface area contributed by atoms with Gasteiger partial charge in [-0.25, -0.2) is 4.79 Å². The molecule has 0 aliphatic rings. The summed E-state index contributed by atoms with van der Waals surface area (Å²) in [7, 11) is -2.54. The van der Waals surface area contributed by atoms with Crippen molar-refractivity contribution in [3.05, 3.63) is 0 Å². The third-order valence-electron chi connectivity index (χ3n) is 5.81. The summed E-state index contributed by atoms with van der Waals surface area (Å²) >= 11 is 0. The number of ether oxygens (including phenoxy) is 1. The second-order valence-electron chi connectivity index (χ2n) is 10.0. The molecule has 0 amide bonds. The Kier molecular flexibility index (Phi) is 8.84. The lowest BCUT2D eigenvalue weighted by atomic mass is 10.1. The first-order valence-corrected chi connectivity index (χ1v) is 15.2. The molecule has 0 aliphatic carbocycles. The van der Waals surface area contributed by atoms with Crippen LogP contribution >= 0.6 is 0 Å². The summed E-state index contributed by atoms with van der Waals surface area (Å²) in [4.78, 5) is 11.4. The Bertz CT molecular complexity index is 531. The number of hydrogen-bond donors (Lipinski definition) is 0. The Morgan fingerprint density at radius 1 is 0.962 bits per heavy atom. The Hall–Kier alpha value is -0.616. The Balaban J connectivity index is 5.47. The maximum Gasteiger partial charge on any atom is 0.384 e. The highest BCUT2D eigenvalue weighted by Gasteiger charge is 2.42. The van der Waals surface area contributed by atoms with E-state index in [4.69, 9.17) is 8.85 Å². The van der Waals surface area contributed by atoms with E-state index in [9.17, 15) is 4.79 Å². The molecule has 0 aliphatic heterocycles. The van der Waals surface area contributed by atoms with Crippen LogP contribution in [0.1, 0.15) is 48.5 Å². The zero-order valence-corrected chi connectivity index (χ0v) is 21.0. The van der Waals surface area contributed by atoms with E-state index in [-0.39, 0.29) is 22.1 Å². The van der Waals surface area contributed by atoms with Crippen molar-refractivity contribution in [2.45, 2.75) is 90.8 Å². The predicted octanol–water partition coefficient (Wildman–Crippen LogP) is 5.21. The summed E-state index contributed by atoms with van der Waals surface area (Å²) in [6, 6.07) is 0. The second-order valence-corrected chi connectivity index (χ2v) is 19.6. The second kappa shape index (κ2) is 9.05. The third kappa shape index (κ3) is 7.55. The van der Waals surface area contributed by atoms with Gasteiger partial charge < -0.3 is 13.6 Å². The van der Waals surface area contributed by atoms with Gasteiger partial charge in [0.15, 0.2) is 16.6 Å². The molecular weight excluding hydrogens is 360 g/mol. The van der Waals surface area contributed by atoms with E-state index in [1.54, 1.807) is 0 Å². The van der Waals surface area contributed by atoms with Gasteiger partial charge in [-0.05, 0) is 43.2 Å². The molecule has 0 aromatic rings. The lowest BCUT2D eigenvalue weighted by Crippen LogP contribution is -2.49. The molecule has 0 aromatic carbocycles. The lowest BCUT2D eigenvalue weighted by molar-refractivity contribution is -0.133. The van der Waals surface area contributed by atoms with Crippen molar-refractivity contribution in [2.24, 2.45) is 5.92 Å². The smallest absolute Gasteiger partial charge is 0.384 e. The van der Waals surface area contributed by atoms with Crippen molar-refractivity contribution in [1.29, 1.82) is 0 Å². The standard InChI is InChI=1S/C20H40O4Si2/c1-16(13-14-18(21)22-8)17(24-26(11,12)20(5,6)7)15-23-25(9,10)19(2,3)4/h16-17H,15H2,1-12H3/t16-,17-/m0/s1. The topological polar surface area (TPSA) is 44.8 Å². The van der Waals surface area contributed by atoms with Gasteiger partial charge in [0.05, 0.1) is 19.8 Å². The highest BCUT2D eigenvalue weighted by atomic mass is 28.4. The molecule has 0 heterocycles. The molecular formula is C20H40O4Si2. The van der Waals surface area contributed by atoms with Crippen LogP contribution < -0.4 is 0 Å². The SMILES string of the molecule is COC(=O)C#C[C@H](C)[C@H](CO[Si](C)(C)C(C)(C)C)O[Si](C)(C)C(C)(C)C. The molecule has 0 saturated heterocycles. The van der Waals surface area contributed by atoms with Crippen molar-refractivity contribution >= 4 is 22.6 Å². The average Bonchev–Trinajstić information content (AvgIpc) is 2.46. The van der Waals surface area contributed by atoms with Crippen molar-refractivity contribution in [1.82, 2.24) is 0 Å². The van der Waals surface area contributed by atoms with E-state index >= 15 is 0 Å². The van der Waals surface area contributed by atoms with Crippen LogP contribution in [0, 0.1) is 17.8 Å². The van der Waals surface area contributed by atoms with Crippen LogP contribution in [0.15, 0.2) is 0 Å². The first-order valence-electron chi connectivity index (χ1n) is 9.36. The number of carbonyl (C=O) groups is 1. The molecule has 0 saturated carbocycles. The van der Waals surface area contributed by atoms with Gasteiger partial charge >= 0.3 is 5.97 Å². The Labute approximate surface area is 163 Å².